The Labute approximate surface area is 130 Å². The second-order valence-corrected chi connectivity index (χ2v) is 6.69. The average Bonchev–Trinajstić information content (AvgIpc) is 3.19. The number of halogens is 1. The Morgan fingerprint density at radius 1 is 1.62 bits per heavy atom. The summed E-state index contributed by atoms with van der Waals surface area (Å²) >= 11 is 7.33. The molecule has 1 amide bonds. The minimum absolute atomic E-state index is 0.0626. The fourth-order valence-corrected chi connectivity index (χ4v) is 3.32. The van der Waals surface area contributed by atoms with Gasteiger partial charge in [0.15, 0.2) is 0 Å². The van der Waals surface area contributed by atoms with Gasteiger partial charge < -0.3 is 15.2 Å². The summed E-state index contributed by atoms with van der Waals surface area (Å²) in [6, 6.07) is 3.61. The first-order chi connectivity index (χ1) is 10.1. The Kier molecular flexibility index (Phi) is 4.23. The summed E-state index contributed by atoms with van der Waals surface area (Å²) in [5.41, 5.74) is 0. The highest BCUT2D eigenvalue weighted by Crippen LogP contribution is 2.27. The van der Waals surface area contributed by atoms with Crippen LogP contribution in [0.25, 0.3) is 0 Å². The molecule has 0 bridgehead atoms. The summed E-state index contributed by atoms with van der Waals surface area (Å²) in [5.74, 6) is 0.192. The largest absolute Gasteiger partial charge is 0.342 e. The van der Waals surface area contributed by atoms with Gasteiger partial charge in [-0.25, -0.2) is 0 Å². The number of hydrogen-bond donors (Lipinski definition) is 2. The summed E-state index contributed by atoms with van der Waals surface area (Å²) in [5, 5.41) is 9.84. The lowest BCUT2D eigenvalue weighted by molar-refractivity contribution is 0.0927. The smallest absolute Gasteiger partial charge is 0.293 e. The van der Waals surface area contributed by atoms with E-state index in [1.165, 1.54) is 11.3 Å². The molecule has 8 heteroatoms. The number of nitrogens with one attached hydrogen (secondary N) is 2. The van der Waals surface area contributed by atoms with Crippen molar-refractivity contribution in [2.75, 3.05) is 6.54 Å². The minimum atomic E-state index is -0.347. The molecule has 3 rings (SSSR count). The van der Waals surface area contributed by atoms with Crippen molar-refractivity contribution in [1.29, 1.82) is 0 Å². The van der Waals surface area contributed by atoms with Gasteiger partial charge in [0.25, 0.3) is 11.7 Å². The predicted octanol–water partition coefficient (Wildman–Crippen LogP) is 2.70. The van der Waals surface area contributed by atoms with E-state index in [9.17, 15) is 4.79 Å². The highest BCUT2D eigenvalue weighted by atomic mass is 35.5. The highest BCUT2D eigenvalue weighted by molar-refractivity contribution is 7.16. The second-order valence-electron chi connectivity index (χ2n) is 4.94. The molecule has 2 atom stereocenters. The van der Waals surface area contributed by atoms with Crippen LogP contribution in [0.2, 0.25) is 4.34 Å². The molecule has 0 saturated carbocycles. The van der Waals surface area contributed by atoms with Crippen LogP contribution in [0.15, 0.2) is 16.7 Å². The molecular weight excluding hydrogens is 312 g/mol. The van der Waals surface area contributed by atoms with E-state index in [0.717, 1.165) is 24.3 Å². The third kappa shape index (κ3) is 3.25. The summed E-state index contributed by atoms with van der Waals surface area (Å²) < 4.78 is 5.85. The van der Waals surface area contributed by atoms with Crippen LogP contribution in [0.4, 0.5) is 0 Å². The minimum Gasteiger partial charge on any atom is -0.342 e. The molecule has 2 N–H and O–H groups in total. The highest BCUT2D eigenvalue weighted by Gasteiger charge is 2.25. The molecule has 0 spiro atoms. The number of carbonyl (C=O) groups excluding carboxylic acids is 1. The van der Waals surface area contributed by atoms with Crippen LogP contribution in [0.3, 0.4) is 0 Å². The lowest BCUT2D eigenvalue weighted by atomic mass is 10.2. The fourth-order valence-electron chi connectivity index (χ4n) is 2.26. The molecule has 0 radical (unpaired) electrons. The molecule has 2 aromatic heterocycles. The van der Waals surface area contributed by atoms with Crippen molar-refractivity contribution in [2.24, 2.45) is 0 Å². The van der Waals surface area contributed by atoms with Gasteiger partial charge in [-0.05, 0) is 38.4 Å². The Balaban J connectivity index is 1.65. The number of nitrogens with zero attached hydrogens (tertiary/aromatic N) is 2. The van der Waals surface area contributed by atoms with Crippen LogP contribution in [-0.4, -0.2) is 22.6 Å². The van der Waals surface area contributed by atoms with Gasteiger partial charge in [-0.3, -0.25) is 4.79 Å². The molecule has 1 aliphatic heterocycles. The number of carbonyl (C=O) groups is 1. The summed E-state index contributed by atoms with van der Waals surface area (Å²) in [6.45, 7) is 2.82. The van der Waals surface area contributed by atoms with Gasteiger partial charge in [0, 0.05) is 4.88 Å². The van der Waals surface area contributed by atoms with E-state index in [2.05, 4.69) is 20.8 Å². The second kappa shape index (κ2) is 6.13. The van der Waals surface area contributed by atoms with Gasteiger partial charge in [-0.2, -0.15) is 4.98 Å². The monoisotopic (exact) mass is 326 g/mol. The van der Waals surface area contributed by atoms with Crippen molar-refractivity contribution in [1.82, 2.24) is 20.8 Å². The quantitative estimate of drug-likeness (QED) is 0.903. The number of amides is 1. The van der Waals surface area contributed by atoms with Crippen LogP contribution in [0, 0.1) is 0 Å². The maximum Gasteiger partial charge on any atom is 0.293 e. The molecular formula is C13H15ClN4O2S. The maximum absolute atomic E-state index is 12.1. The molecule has 0 aromatic carbocycles. The first-order valence-corrected chi connectivity index (χ1v) is 7.96. The third-order valence-corrected chi connectivity index (χ3v) is 4.79. The van der Waals surface area contributed by atoms with Crippen molar-refractivity contribution < 1.29 is 9.32 Å². The van der Waals surface area contributed by atoms with Gasteiger partial charge in [0.2, 0.25) is 5.89 Å². The van der Waals surface area contributed by atoms with Gasteiger partial charge in [-0.15, -0.1) is 11.3 Å². The molecule has 1 aliphatic rings. The van der Waals surface area contributed by atoms with E-state index in [1.807, 2.05) is 19.1 Å². The Hall–Kier alpha value is -1.44. The molecule has 2 unspecified atom stereocenters. The van der Waals surface area contributed by atoms with E-state index in [1.54, 1.807) is 0 Å². The van der Waals surface area contributed by atoms with Gasteiger partial charge in [-0.1, -0.05) is 16.8 Å². The van der Waals surface area contributed by atoms with E-state index in [-0.39, 0.29) is 23.8 Å². The normalized spacial score (nSPS) is 19.6. The lowest BCUT2D eigenvalue weighted by Gasteiger charge is -2.09. The van der Waals surface area contributed by atoms with E-state index < -0.39 is 0 Å². The van der Waals surface area contributed by atoms with Crippen LogP contribution < -0.4 is 10.6 Å². The molecule has 3 heterocycles. The van der Waals surface area contributed by atoms with Crippen LogP contribution >= 0.6 is 22.9 Å². The standard InChI is InChI=1S/C13H15ClN4O2S/c1-7(9-4-5-10(14)21-9)16-12(19)11-17-13(20-18-11)8-3-2-6-15-8/h4-5,7-8,15H,2-3,6H2,1H3,(H,16,19). The average molecular weight is 327 g/mol. The van der Waals surface area contributed by atoms with Crippen molar-refractivity contribution in [3.8, 4) is 0 Å². The Morgan fingerprint density at radius 2 is 2.48 bits per heavy atom. The van der Waals surface area contributed by atoms with Gasteiger partial charge >= 0.3 is 0 Å². The first kappa shape index (κ1) is 14.5. The zero-order valence-corrected chi connectivity index (χ0v) is 13.0. The first-order valence-electron chi connectivity index (χ1n) is 6.76. The molecule has 112 valence electrons. The fraction of sp³-hybridized carbons (Fsp3) is 0.462. The molecule has 1 fully saturated rings. The van der Waals surface area contributed by atoms with Gasteiger partial charge in [0.05, 0.1) is 16.4 Å². The number of thiophene rings is 1. The molecule has 6 nitrogen and oxygen atoms in total. The van der Waals surface area contributed by atoms with Crippen LogP contribution in [-0.2, 0) is 0 Å². The zero-order valence-electron chi connectivity index (χ0n) is 11.4. The Morgan fingerprint density at radius 3 is 3.14 bits per heavy atom. The number of rotatable bonds is 4. The lowest BCUT2D eigenvalue weighted by Crippen LogP contribution is -2.27. The topological polar surface area (TPSA) is 80.0 Å². The van der Waals surface area contributed by atoms with Crippen molar-refractivity contribution in [3.05, 3.63) is 33.1 Å². The summed E-state index contributed by atoms with van der Waals surface area (Å²) in [6.07, 6.45) is 2.03. The van der Waals surface area contributed by atoms with E-state index >= 15 is 0 Å². The molecule has 2 aromatic rings. The summed E-state index contributed by atoms with van der Waals surface area (Å²) in [4.78, 5) is 17.3. The molecule has 21 heavy (non-hydrogen) atoms. The van der Waals surface area contributed by atoms with Gasteiger partial charge in [0.1, 0.15) is 0 Å². The van der Waals surface area contributed by atoms with Crippen molar-refractivity contribution in [2.45, 2.75) is 31.8 Å². The van der Waals surface area contributed by atoms with Crippen molar-refractivity contribution >= 4 is 28.8 Å². The molecule has 1 saturated heterocycles. The predicted molar refractivity (Wildman–Crippen MR) is 79.5 cm³/mol. The maximum atomic E-state index is 12.1. The van der Waals surface area contributed by atoms with E-state index in [4.69, 9.17) is 16.1 Å². The number of hydrogen-bond acceptors (Lipinski definition) is 6. The Bertz CT molecular complexity index is 636. The number of aromatic nitrogens is 2. The SMILES string of the molecule is CC(NC(=O)c1noc(C2CCCN2)n1)c1ccc(Cl)s1. The molecule has 0 aliphatic carbocycles. The van der Waals surface area contributed by atoms with Crippen molar-refractivity contribution in [3.63, 3.8) is 0 Å². The van der Waals surface area contributed by atoms with Crippen LogP contribution in [0.1, 0.15) is 53.2 Å². The summed E-state index contributed by atoms with van der Waals surface area (Å²) in [7, 11) is 0. The third-order valence-electron chi connectivity index (χ3n) is 3.37. The van der Waals surface area contributed by atoms with E-state index in [0.29, 0.717) is 10.2 Å². The zero-order chi connectivity index (χ0) is 14.8. The van der Waals surface area contributed by atoms with Crippen LogP contribution in [0.5, 0.6) is 0 Å².